The molecule has 0 unspecified atom stereocenters. The lowest BCUT2D eigenvalue weighted by Crippen LogP contribution is -2.51. The molecule has 31 heavy (non-hydrogen) atoms. The molecule has 4 fully saturated rings. The average Bonchev–Trinajstić information content (AvgIpc) is 3.31. The molecule has 2 N–H and O–H groups in total. The molecule has 4 aliphatic carbocycles. The molecule has 0 spiro atoms. The molecule has 6 heteroatoms. The summed E-state index contributed by atoms with van der Waals surface area (Å²) in [6, 6.07) is 0. The van der Waals surface area contributed by atoms with E-state index in [1.54, 1.807) is 0 Å². The molecular weight excluding hydrogens is 392 g/mol. The van der Waals surface area contributed by atoms with Gasteiger partial charge in [0.25, 0.3) is 0 Å². The molecule has 4 saturated carbocycles. The average molecular weight is 429 g/mol. The van der Waals surface area contributed by atoms with Crippen molar-refractivity contribution in [1.29, 1.82) is 0 Å². The molecular formula is C25H36N2O4. The van der Waals surface area contributed by atoms with Gasteiger partial charge in [0, 0.05) is 12.1 Å². The summed E-state index contributed by atoms with van der Waals surface area (Å²) >= 11 is 0. The first-order valence-electron chi connectivity index (χ1n) is 12.2. The molecule has 4 aliphatic rings. The minimum Gasteiger partial charge on any atom is -0.478 e. The van der Waals surface area contributed by atoms with Crippen molar-refractivity contribution in [3.8, 4) is 0 Å². The predicted octanol–water partition coefficient (Wildman–Crippen LogP) is 4.17. The topological polar surface area (TPSA) is 92.4 Å². The number of carboxylic acid groups (broad SMARTS) is 1. The smallest absolute Gasteiger partial charge is 0.338 e. The number of hydrogen-bond acceptors (Lipinski definition) is 4. The van der Waals surface area contributed by atoms with E-state index >= 15 is 0 Å². The monoisotopic (exact) mass is 428 g/mol. The quantitative estimate of drug-likeness (QED) is 0.751. The number of rotatable bonds is 4. The maximum Gasteiger partial charge on any atom is 0.338 e. The first-order valence-corrected chi connectivity index (χ1v) is 12.2. The van der Waals surface area contributed by atoms with Gasteiger partial charge in [-0.15, -0.1) is 0 Å². The summed E-state index contributed by atoms with van der Waals surface area (Å²) in [4.78, 5) is 24.4. The highest BCUT2D eigenvalue weighted by Crippen LogP contribution is 2.64. The van der Waals surface area contributed by atoms with E-state index in [1.807, 2.05) is 6.92 Å². The van der Waals surface area contributed by atoms with Crippen LogP contribution in [0.2, 0.25) is 0 Å². The Bertz CT molecular complexity index is 877. The highest BCUT2D eigenvalue weighted by molar-refractivity contribution is 5.87. The van der Waals surface area contributed by atoms with Crippen LogP contribution in [0.3, 0.4) is 0 Å². The van der Waals surface area contributed by atoms with Gasteiger partial charge in [0.15, 0.2) is 5.78 Å². The summed E-state index contributed by atoms with van der Waals surface area (Å²) in [5.74, 6) is 2.82. The third kappa shape index (κ3) is 3.55. The fourth-order valence-corrected chi connectivity index (χ4v) is 8.44. The van der Waals surface area contributed by atoms with Crippen molar-refractivity contribution in [1.82, 2.24) is 9.78 Å². The van der Waals surface area contributed by atoms with Crippen LogP contribution in [0.25, 0.3) is 0 Å². The van der Waals surface area contributed by atoms with Crippen molar-refractivity contribution in [3.63, 3.8) is 0 Å². The number of carbonyl (C=O) groups is 2. The second-order valence-electron chi connectivity index (χ2n) is 11.5. The van der Waals surface area contributed by atoms with Crippen LogP contribution in [-0.2, 0) is 11.3 Å². The van der Waals surface area contributed by atoms with Crippen molar-refractivity contribution in [2.45, 2.75) is 83.8 Å². The normalized spacial score (nSPS) is 44.2. The van der Waals surface area contributed by atoms with Gasteiger partial charge in [0.1, 0.15) is 0 Å². The number of aromatic nitrogens is 2. The van der Waals surface area contributed by atoms with Gasteiger partial charge in [-0.25, -0.2) is 4.79 Å². The summed E-state index contributed by atoms with van der Waals surface area (Å²) < 4.78 is 1.49. The molecule has 5 rings (SSSR count). The molecule has 0 bridgehead atoms. The van der Waals surface area contributed by atoms with E-state index in [1.165, 1.54) is 36.3 Å². The zero-order valence-electron chi connectivity index (χ0n) is 18.8. The molecule has 8 atom stereocenters. The van der Waals surface area contributed by atoms with Gasteiger partial charge in [-0.3, -0.25) is 9.48 Å². The highest BCUT2D eigenvalue weighted by atomic mass is 16.4. The van der Waals surface area contributed by atoms with Crippen LogP contribution in [0.5, 0.6) is 0 Å². The van der Waals surface area contributed by atoms with Crippen molar-refractivity contribution in [3.05, 3.63) is 18.0 Å². The third-order valence-electron chi connectivity index (χ3n) is 9.82. The second-order valence-corrected chi connectivity index (χ2v) is 11.5. The van der Waals surface area contributed by atoms with Crippen LogP contribution >= 0.6 is 0 Å². The molecule has 1 heterocycles. The van der Waals surface area contributed by atoms with E-state index in [4.69, 9.17) is 5.11 Å². The first kappa shape index (κ1) is 21.2. The van der Waals surface area contributed by atoms with Crippen LogP contribution in [0.1, 0.15) is 82.0 Å². The van der Waals surface area contributed by atoms with E-state index in [9.17, 15) is 14.7 Å². The Hall–Kier alpha value is -1.69. The van der Waals surface area contributed by atoms with Crippen molar-refractivity contribution in [2.75, 3.05) is 0 Å². The lowest BCUT2D eigenvalue weighted by atomic mass is 9.49. The fraction of sp³-hybridized carbons (Fsp3) is 0.800. The van der Waals surface area contributed by atoms with Gasteiger partial charge in [-0.05, 0) is 99.7 Å². The van der Waals surface area contributed by atoms with Gasteiger partial charge < -0.3 is 10.2 Å². The predicted molar refractivity (Wildman–Crippen MR) is 115 cm³/mol. The van der Waals surface area contributed by atoms with E-state index < -0.39 is 11.6 Å². The molecule has 0 aromatic carbocycles. The van der Waals surface area contributed by atoms with Gasteiger partial charge >= 0.3 is 5.97 Å². The van der Waals surface area contributed by atoms with E-state index in [-0.39, 0.29) is 29.2 Å². The molecule has 0 aliphatic heterocycles. The first-order chi connectivity index (χ1) is 14.7. The van der Waals surface area contributed by atoms with Gasteiger partial charge in [-0.2, -0.15) is 5.10 Å². The zero-order chi connectivity index (χ0) is 22.0. The number of carbonyl (C=O) groups excluding carboxylic acids is 1. The summed E-state index contributed by atoms with van der Waals surface area (Å²) in [7, 11) is 0. The van der Waals surface area contributed by atoms with Gasteiger partial charge in [0.2, 0.25) is 0 Å². The number of fused-ring (bicyclic) bond motifs is 5. The molecule has 1 aromatic rings. The highest BCUT2D eigenvalue weighted by Gasteiger charge is 2.58. The summed E-state index contributed by atoms with van der Waals surface area (Å²) in [6.07, 6.45) is 12.8. The van der Waals surface area contributed by atoms with Crippen LogP contribution in [0.4, 0.5) is 0 Å². The number of Topliss-reactive ketones (excluding diaryl/α,β-unsaturated/α-hetero) is 1. The van der Waals surface area contributed by atoms with Gasteiger partial charge in [0.05, 0.1) is 23.9 Å². The van der Waals surface area contributed by atoms with Crippen LogP contribution in [0.15, 0.2) is 12.4 Å². The number of aromatic carboxylic acids is 1. The van der Waals surface area contributed by atoms with Crippen molar-refractivity contribution >= 4 is 11.8 Å². The Balaban J connectivity index is 1.29. The lowest BCUT2D eigenvalue weighted by Gasteiger charge is -2.56. The largest absolute Gasteiger partial charge is 0.478 e. The Labute approximate surface area is 184 Å². The molecule has 0 amide bonds. The van der Waals surface area contributed by atoms with E-state index in [0.29, 0.717) is 11.8 Å². The van der Waals surface area contributed by atoms with Crippen LogP contribution in [0, 0.1) is 40.9 Å². The standard InChI is InChI=1S/C25H36N2O4/c1-24(31)9-7-17-15(11-24)3-4-19-18(17)8-10-25(2)20(19)5-6-21(25)22(28)14-27-13-16(12-26-27)23(29)30/h12-13,15,17-21,31H,3-11,14H2,1-2H3,(H,29,30)/t15-,17+,18-,19-,20+,21-,24-,25+/m1/s1. The Morgan fingerprint density at radius 2 is 1.84 bits per heavy atom. The Morgan fingerprint density at radius 1 is 1.06 bits per heavy atom. The number of aliphatic hydroxyl groups is 1. The molecule has 0 saturated heterocycles. The third-order valence-corrected chi connectivity index (χ3v) is 9.82. The Kier molecular flexibility index (Phi) is 5.07. The maximum atomic E-state index is 13.3. The molecule has 6 nitrogen and oxygen atoms in total. The van der Waals surface area contributed by atoms with Crippen LogP contribution < -0.4 is 0 Å². The lowest BCUT2D eigenvalue weighted by molar-refractivity contribution is -0.133. The van der Waals surface area contributed by atoms with Gasteiger partial charge in [-0.1, -0.05) is 6.92 Å². The second kappa shape index (κ2) is 7.43. The molecule has 170 valence electrons. The zero-order valence-corrected chi connectivity index (χ0v) is 18.8. The minimum absolute atomic E-state index is 0.0562. The maximum absolute atomic E-state index is 13.3. The number of ketones is 1. The van der Waals surface area contributed by atoms with E-state index in [2.05, 4.69) is 12.0 Å². The SMILES string of the molecule is C[C@@]1(O)CC[C@H]2[C@H](CC[C@@H]3[C@@H]2CC[C@]2(C)[C@@H](C(=O)Cn4cc(C(=O)O)cn4)CC[C@@H]32)C1. The summed E-state index contributed by atoms with van der Waals surface area (Å²) in [6.45, 7) is 4.54. The number of nitrogens with zero attached hydrogens (tertiary/aromatic N) is 2. The van der Waals surface area contributed by atoms with E-state index in [0.717, 1.165) is 56.3 Å². The fourth-order valence-electron chi connectivity index (χ4n) is 8.44. The minimum atomic E-state index is -1.01. The van der Waals surface area contributed by atoms with Crippen molar-refractivity contribution in [2.24, 2.45) is 40.9 Å². The van der Waals surface area contributed by atoms with Crippen LogP contribution in [-0.4, -0.2) is 37.3 Å². The molecule has 1 aromatic heterocycles. The summed E-state index contributed by atoms with van der Waals surface area (Å²) in [5.41, 5.74) is -0.282. The molecule has 0 radical (unpaired) electrons. The number of hydrogen-bond donors (Lipinski definition) is 2. The Morgan fingerprint density at radius 3 is 2.58 bits per heavy atom. The van der Waals surface area contributed by atoms with Crippen molar-refractivity contribution < 1.29 is 19.8 Å². The summed E-state index contributed by atoms with van der Waals surface area (Å²) in [5, 5.41) is 23.8. The number of carboxylic acids is 1.